The fourth-order valence-electron chi connectivity index (χ4n) is 2.45. The standard InChI is InChI=1S/C12H20N2O4/c15-11(9-3-1-2-6-13-9)14-7-8-4-5-10(18-8)12(16)17/h8-10,13H,1-7H2,(H,14,15)(H,16,17)/t8?,9-,10?/m0/s1. The summed E-state index contributed by atoms with van der Waals surface area (Å²) in [5, 5.41) is 14.8. The quantitative estimate of drug-likeness (QED) is 0.652. The number of carboxylic acid groups (broad SMARTS) is 1. The lowest BCUT2D eigenvalue weighted by molar-refractivity contribution is -0.149. The molecule has 2 fully saturated rings. The molecule has 3 N–H and O–H groups in total. The lowest BCUT2D eigenvalue weighted by Gasteiger charge is -2.23. The molecule has 6 heteroatoms. The summed E-state index contributed by atoms with van der Waals surface area (Å²) >= 11 is 0. The van der Waals surface area contributed by atoms with Crippen LogP contribution in [-0.2, 0) is 14.3 Å². The lowest BCUT2D eigenvalue weighted by atomic mass is 10.0. The van der Waals surface area contributed by atoms with Crippen LogP contribution in [0.3, 0.4) is 0 Å². The summed E-state index contributed by atoms with van der Waals surface area (Å²) in [5.74, 6) is -0.921. The molecule has 3 atom stereocenters. The number of carboxylic acids is 1. The van der Waals surface area contributed by atoms with E-state index in [0.29, 0.717) is 19.4 Å². The molecule has 6 nitrogen and oxygen atoms in total. The van der Waals surface area contributed by atoms with Crippen molar-refractivity contribution in [3.63, 3.8) is 0 Å². The topological polar surface area (TPSA) is 87.7 Å². The van der Waals surface area contributed by atoms with Gasteiger partial charge in [0.2, 0.25) is 5.91 Å². The van der Waals surface area contributed by atoms with Crippen molar-refractivity contribution < 1.29 is 19.4 Å². The Bertz CT molecular complexity index is 315. The average molecular weight is 256 g/mol. The van der Waals surface area contributed by atoms with Gasteiger partial charge in [0.25, 0.3) is 0 Å². The summed E-state index contributed by atoms with van der Waals surface area (Å²) in [6, 6.07) is -0.101. The Hall–Kier alpha value is -1.14. The Morgan fingerprint density at radius 2 is 2.11 bits per heavy atom. The second-order valence-electron chi connectivity index (χ2n) is 4.91. The van der Waals surface area contributed by atoms with E-state index in [4.69, 9.17) is 9.84 Å². The van der Waals surface area contributed by atoms with Crippen molar-refractivity contribution >= 4 is 11.9 Å². The van der Waals surface area contributed by atoms with Gasteiger partial charge < -0.3 is 20.5 Å². The number of amides is 1. The van der Waals surface area contributed by atoms with E-state index >= 15 is 0 Å². The summed E-state index contributed by atoms with van der Waals surface area (Å²) in [6.45, 7) is 1.29. The highest BCUT2D eigenvalue weighted by molar-refractivity contribution is 5.81. The van der Waals surface area contributed by atoms with Crippen LogP contribution in [0.4, 0.5) is 0 Å². The van der Waals surface area contributed by atoms with Gasteiger partial charge in [-0.2, -0.15) is 0 Å². The smallest absolute Gasteiger partial charge is 0.332 e. The zero-order valence-electron chi connectivity index (χ0n) is 10.4. The SMILES string of the molecule is O=C(O)C1CCC(CNC(=O)[C@@H]2CCCCN2)O1. The van der Waals surface area contributed by atoms with Crippen LogP contribution in [0.1, 0.15) is 32.1 Å². The number of hydrogen-bond donors (Lipinski definition) is 3. The van der Waals surface area contributed by atoms with Crippen LogP contribution in [0.5, 0.6) is 0 Å². The molecule has 0 spiro atoms. The number of aliphatic carboxylic acids is 1. The summed E-state index contributed by atoms with van der Waals surface area (Å²) < 4.78 is 5.33. The molecule has 0 aliphatic carbocycles. The summed E-state index contributed by atoms with van der Waals surface area (Å²) in [5.41, 5.74) is 0. The molecule has 0 bridgehead atoms. The third-order valence-corrected chi connectivity index (χ3v) is 3.51. The normalized spacial score (nSPS) is 32.1. The highest BCUT2D eigenvalue weighted by Crippen LogP contribution is 2.19. The molecule has 0 radical (unpaired) electrons. The predicted molar refractivity (Wildman–Crippen MR) is 64.2 cm³/mol. The van der Waals surface area contributed by atoms with Crippen molar-refractivity contribution in [2.75, 3.05) is 13.1 Å². The number of hydrogen-bond acceptors (Lipinski definition) is 4. The Morgan fingerprint density at radius 1 is 1.28 bits per heavy atom. The van der Waals surface area contributed by atoms with Crippen LogP contribution in [-0.4, -0.2) is 48.3 Å². The lowest BCUT2D eigenvalue weighted by Crippen LogP contribution is -2.48. The van der Waals surface area contributed by atoms with Gasteiger partial charge in [-0.1, -0.05) is 6.42 Å². The molecule has 2 heterocycles. The first kappa shape index (κ1) is 13.3. The maximum Gasteiger partial charge on any atom is 0.332 e. The largest absolute Gasteiger partial charge is 0.479 e. The average Bonchev–Trinajstić information content (AvgIpc) is 2.86. The van der Waals surface area contributed by atoms with Gasteiger partial charge in [-0.15, -0.1) is 0 Å². The van der Waals surface area contributed by atoms with Crippen LogP contribution in [0.25, 0.3) is 0 Å². The van der Waals surface area contributed by atoms with Gasteiger partial charge in [0.1, 0.15) is 0 Å². The third-order valence-electron chi connectivity index (χ3n) is 3.51. The van der Waals surface area contributed by atoms with E-state index in [1.807, 2.05) is 0 Å². The number of carbonyl (C=O) groups excluding carboxylic acids is 1. The molecule has 0 aromatic heterocycles. The molecule has 2 saturated heterocycles. The monoisotopic (exact) mass is 256 g/mol. The van der Waals surface area contributed by atoms with Gasteiger partial charge in [-0.05, 0) is 32.2 Å². The fourth-order valence-corrected chi connectivity index (χ4v) is 2.45. The minimum absolute atomic E-state index is 0.00271. The van der Waals surface area contributed by atoms with Crippen LogP contribution >= 0.6 is 0 Å². The second-order valence-corrected chi connectivity index (χ2v) is 4.91. The highest BCUT2D eigenvalue weighted by atomic mass is 16.5. The van der Waals surface area contributed by atoms with Crippen LogP contribution in [0.15, 0.2) is 0 Å². The van der Waals surface area contributed by atoms with Crippen LogP contribution < -0.4 is 10.6 Å². The minimum Gasteiger partial charge on any atom is -0.479 e. The first-order valence-corrected chi connectivity index (χ1v) is 6.56. The van der Waals surface area contributed by atoms with E-state index in [0.717, 1.165) is 25.8 Å². The van der Waals surface area contributed by atoms with Crippen molar-refractivity contribution in [1.82, 2.24) is 10.6 Å². The van der Waals surface area contributed by atoms with Gasteiger partial charge in [-0.25, -0.2) is 4.79 Å². The first-order chi connectivity index (χ1) is 8.66. The zero-order chi connectivity index (χ0) is 13.0. The van der Waals surface area contributed by atoms with Crippen molar-refractivity contribution in [3.05, 3.63) is 0 Å². The predicted octanol–water partition coefficient (Wildman–Crippen LogP) is -0.123. The summed E-state index contributed by atoms with van der Waals surface area (Å²) in [6.07, 6.45) is 3.41. The van der Waals surface area contributed by atoms with E-state index in [-0.39, 0.29) is 18.1 Å². The Labute approximate surface area is 106 Å². The molecule has 0 saturated carbocycles. The number of carbonyl (C=O) groups is 2. The van der Waals surface area contributed by atoms with E-state index in [1.54, 1.807) is 0 Å². The van der Waals surface area contributed by atoms with E-state index in [9.17, 15) is 9.59 Å². The van der Waals surface area contributed by atoms with Gasteiger partial charge in [0, 0.05) is 6.54 Å². The van der Waals surface area contributed by atoms with Crippen molar-refractivity contribution in [2.45, 2.75) is 50.4 Å². The highest BCUT2D eigenvalue weighted by Gasteiger charge is 2.31. The summed E-state index contributed by atoms with van der Waals surface area (Å²) in [4.78, 5) is 22.5. The molecule has 0 aromatic carbocycles. The molecule has 2 rings (SSSR count). The van der Waals surface area contributed by atoms with Crippen LogP contribution in [0, 0.1) is 0 Å². The van der Waals surface area contributed by atoms with Crippen LogP contribution in [0.2, 0.25) is 0 Å². The third kappa shape index (κ3) is 3.43. The first-order valence-electron chi connectivity index (χ1n) is 6.56. The van der Waals surface area contributed by atoms with Gasteiger partial charge in [-0.3, -0.25) is 4.79 Å². The molecular formula is C12H20N2O4. The molecule has 2 aliphatic rings. The Balaban J connectivity index is 1.68. The molecule has 2 aliphatic heterocycles. The molecule has 1 amide bonds. The molecule has 18 heavy (non-hydrogen) atoms. The number of piperidine rings is 1. The van der Waals surface area contributed by atoms with Gasteiger partial charge in [0.15, 0.2) is 6.10 Å². The minimum atomic E-state index is -0.919. The van der Waals surface area contributed by atoms with Crippen molar-refractivity contribution in [2.24, 2.45) is 0 Å². The number of ether oxygens (including phenoxy) is 1. The van der Waals surface area contributed by atoms with E-state index in [1.165, 1.54) is 0 Å². The molecular weight excluding hydrogens is 236 g/mol. The Kier molecular flexibility index (Phi) is 4.54. The van der Waals surface area contributed by atoms with Gasteiger partial charge >= 0.3 is 5.97 Å². The Morgan fingerprint density at radius 3 is 2.72 bits per heavy atom. The number of rotatable bonds is 4. The number of nitrogens with one attached hydrogen (secondary N) is 2. The molecule has 102 valence electrons. The van der Waals surface area contributed by atoms with E-state index in [2.05, 4.69) is 10.6 Å². The maximum atomic E-state index is 11.8. The fraction of sp³-hybridized carbons (Fsp3) is 0.833. The summed E-state index contributed by atoms with van der Waals surface area (Å²) in [7, 11) is 0. The van der Waals surface area contributed by atoms with E-state index < -0.39 is 12.1 Å². The maximum absolute atomic E-state index is 11.8. The zero-order valence-corrected chi connectivity index (χ0v) is 10.4. The van der Waals surface area contributed by atoms with Crippen molar-refractivity contribution in [3.8, 4) is 0 Å². The molecule has 2 unspecified atom stereocenters. The van der Waals surface area contributed by atoms with Crippen molar-refractivity contribution in [1.29, 1.82) is 0 Å². The van der Waals surface area contributed by atoms with Gasteiger partial charge in [0.05, 0.1) is 12.1 Å². The second kappa shape index (κ2) is 6.15. The molecule has 0 aromatic rings.